The third-order valence-corrected chi connectivity index (χ3v) is 4.51. The molecule has 0 amide bonds. The molecule has 122 valence electrons. The quantitative estimate of drug-likeness (QED) is 0.493. The minimum Gasteiger partial charge on any atom is -0.465 e. The first kappa shape index (κ1) is 17.6. The van der Waals surface area contributed by atoms with E-state index in [9.17, 15) is 4.79 Å². The first-order chi connectivity index (χ1) is 10.1. The van der Waals surface area contributed by atoms with Gasteiger partial charge in [0, 0.05) is 12.1 Å². The topological polar surface area (TPSA) is 54.5 Å². The minimum atomic E-state index is -0.210. The average molecular weight is 367 g/mol. The summed E-state index contributed by atoms with van der Waals surface area (Å²) in [6, 6.07) is 3.72. The SMILES string of the molecule is CCCCOC(=O)CN1Cc2c(ccc(Cl)c2Cl)N2NC12.Cl. The third-order valence-electron chi connectivity index (χ3n) is 3.66. The van der Waals surface area contributed by atoms with Crippen LogP contribution in [0.2, 0.25) is 10.0 Å². The number of fused-ring (bicyclic) bond motifs is 3. The lowest BCUT2D eigenvalue weighted by atomic mass is 10.1. The molecule has 0 radical (unpaired) electrons. The predicted molar refractivity (Wildman–Crippen MR) is 89.4 cm³/mol. The van der Waals surface area contributed by atoms with E-state index >= 15 is 0 Å². The highest BCUT2D eigenvalue weighted by atomic mass is 35.5. The fraction of sp³-hybridized carbons (Fsp3) is 0.500. The molecule has 1 N–H and O–H groups in total. The van der Waals surface area contributed by atoms with E-state index in [0.29, 0.717) is 23.2 Å². The molecule has 5 nitrogen and oxygen atoms in total. The maximum absolute atomic E-state index is 11.8. The summed E-state index contributed by atoms with van der Waals surface area (Å²) in [6.07, 6.45) is 1.94. The number of nitrogens with one attached hydrogen (secondary N) is 1. The Hall–Kier alpha value is -0.720. The van der Waals surface area contributed by atoms with Crippen LogP contribution in [-0.4, -0.2) is 30.3 Å². The van der Waals surface area contributed by atoms with Gasteiger partial charge in [-0.05, 0) is 18.6 Å². The maximum Gasteiger partial charge on any atom is 0.320 e. The largest absolute Gasteiger partial charge is 0.465 e. The molecular weight excluding hydrogens is 349 g/mol. The molecule has 0 bridgehead atoms. The Balaban J connectivity index is 0.00000176. The summed E-state index contributed by atoms with van der Waals surface area (Å²) < 4.78 is 5.21. The van der Waals surface area contributed by atoms with Gasteiger partial charge in [0.25, 0.3) is 0 Å². The first-order valence-electron chi connectivity index (χ1n) is 7.03. The lowest BCUT2D eigenvalue weighted by Gasteiger charge is -2.27. The number of halogens is 3. The number of hydrogen-bond acceptors (Lipinski definition) is 5. The second kappa shape index (κ2) is 7.23. The van der Waals surface area contributed by atoms with Gasteiger partial charge in [-0.3, -0.25) is 14.7 Å². The van der Waals surface area contributed by atoms with Gasteiger partial charge >= 0.3 is 5.97 Å². The van der Waals surface area contributed by atoms with Crippen molar-refractivity contribution in [3.63, 3.8) is 0 Å². The summed E-state index contributed by atoms with van der Waals surface area (Å²) in [5, 5.41) is 3.05. The molecule has 1 atom stereocenters. The van der Waals surface area contributed by atoms with Crippen molar-refractivity contribution in [1.29, 1.82) is 0 Å². The number of benzene rings is 1. The van der Waals surface area contributed by atoms with E-state index in [1.807, 2.05) is 16.0 Å². The second-order valence-electron chi connectivity index (χ2n) is 5.21. The van der Waals surface area contributed by atoms with Gasteiger partial charge in [0.15, 0.2) is 6.29 Å². The van der Waals surface area contributed by atoms with Gasteiger partial charge < -0.3 is 4.74 Å². The third kappa shape index (κ3) is 3.44. The number of carbonyl (C=O) groups excluding carboxylic acids is 1. The second-order valence-corrected chi connectivity index (χ2v) is 6.00. The summed E-state index contributed by atoms with van der Waals surface area (Å²) in [5.41, 5.74) is 5.16. The molecule has 1 fully saturated rings. The summed E-state index contributed by atoms with van der Waals surface area (Å²) in [7, 11) is 0. The molecule has 0 spiro atoms. The highest BCUT2D eigenvalue weighted by Gasteiger charge is 2.45. The Morgan fingerprint density at radius 3 is 2.95 bits per heavy atom. The van der Waals surface area contributed by atoms with E-state index < -0.39 is 0 Å². The van der Waals surface area contributed by atoms with Crippen LogP contribution in [0.1, 0.15) is 25.3 Å². The van der Waals surface area contributed by atoms with E-state index in [1.165, 1.54) is 0 Å². The highest BCUT2D eigenvalue weighted by molar-refractivity contribution is 6.42. The Morgan fingerprint density at radius 2 is 2.23 bits per heavy atom. The van der Waals surface area contributed by atoms with Crippen LogP contribution in [0.3, 0.4) is 0 Å². The van der Waals surface area contributed by atoms with E-state index in [1.54, 1.807) is 6.07 Å². The average Bonchev–Trinajstić information content (AvgIpc) is 3.24. The number of carbonyl (C=O) groups is 1. The fourth-order valence-electron chi connectivity index (χ4n) is 2.47. The predicted octanol–water partition coefficient (Wildman–Crippen LogP) is 3.18. The zero-order valence-electron chi connectivity index (χ0n) is 12.1. The van der Waals surface area contributed by atoms with Crippen LogP contribution >= 0.6 is 35.6 Å². The number of ether oxygens (including phenoxy) is 1. The van der Waals surface area contributed by atoms with Gasteiger partial charge in [0.2, 0.25) is 0 Å². The summed E-state index contributed by atoms with van der Waals surface area (Å²) >= 11 is 12.3. The number of unbranched alkanes of at least 4 members (excludes halogenated alkanes) is 1. The molecule has 3 rings (SSSR count). The lowest BCUT2D eigenvalue weighted by Crippen LogP contribution is -2.38. The number of hydrazine groups is 1. The van der Waals surface area contributed by atoms with Crippen molar-refractivity contribution >= 4 is 47.3 Å². The maximum atomic E-state index is 11.8. The molecule has 0 aromatic heterocycles. The van der Waals surface area contributed by atoms with E-state index in [0.717, 1.165) is 24.1 Å². The van der Waals surface area contributed by atoms with Crippen molar-refractivity contribution in [1.82, 2.24) is 10.3 Å². The van der Waals surface area contributed by atoms with Crippen LogP contribution in [0.5, 0.6) is 0 Å². The summed E-state index contributed by atoms with van der Waals surface area (Å²) in [5.74, 6) is -0.210. The first-order valence-corrected chi connectivity index (χ1v) is 7.79. The highest BCUT2D eigenvalue weighted by Crippen LogP contribution is 2.41. The minimum absolute atomic E-state index is 0. The molecule has 1 unspecified atom stereocenters. The fourth-order valence-corrected chi connectivity index (χ4v) is 2.87. The molecule has 1 saturated heterocycles. The molecule has 0 aliphatic carbocycles. The van der Waals surface area contributed by atoms with Gasteiger partial charge in [-0.1, -0.05) is 36.5 Å². The zero-order valence-corrected chi connectivity index (χ0v) is 14.5. The van der Waals surface area contributed by atoms with Crippen molar-refractivity contribution in [3.05, 3.63) is 27.7 Å². The molecule has 22 heavy (non-hydrogen) atoms. The monoisotopic (exact) mass is 365 g/mol. The van der Waals surface area contributed by atoms with Gasteiger partial charge in [0.05, 0.1) is 28.9 Å². The van der Waals surface area contributed by atoms with Gasteiger partial charge in [-0.2, -0.15) is 5.43 Å². The van der Waals surface area contributed by atoms with Crippen LogP contribution in [0.25, 0.3) is 0 Å². The lowest BCUT2D eigenvalue weighted by molar-refractivity contribution is -0.145. The smallest absolute Gasteiger partial charge is 0.320 e. The molecule has 2 aliphatic rings. The van der Waals surface area contributed by atoms with Gasteiger partial charge in [-0.15, -0.1) is 12.4 Å². The zero-order chi connectivity index (χ0) is 15.0. The summed E-state index contributed by atoms with van der Waals surface area (Å²) in [6.45, 7) is 3.35. The van der Waals surface area contributed by atoms with Crippen LogP contribution in [-0.2, 0) is 16.1 Å². The summed E-state index contributed by atoms with van der Waals surface area (Å²) in [4.78, 5) is 13.8. The molecule has 2 heterocycles. The van der Waals surface area contributed by atoms with Crippen LogP contribution in [0.15, 0.2) is 12.1 Å². The number of rotatable bonds is 5. The number of nitrogens with zero attached hydrogens (tertiary/aromatic N) is 2. The van der Waals surface area contributed by atoms with Gasteiger partial charge in [0.1, 0.15) is 0 Å². The molecule has 8 heteroatoms. The Kier molecular flexibility index (Phi) is 5.80. The molecular formula is C14H18Cl3N3O2. The van der Waals surface area contributed by atoms with Crippen molar-refractivity contribution in [3.8, 4) is 0 Å². The molecule has 0 saturated carbocycles. The van der Waals surface area contributed by atoms with Crippen LogP contribution in [0.4, 0.5) is 5.69 Å². The normalized spacial score (nSPS) is 19.0. The van der Waals surface area contributed by atoms with Crippen molar-refractivity contribution < 1.29 is 9.53 Å². The molecule has 2 aliphatic heterocycles. The van der Waals surface area contributed by atoms with E-state index in [2.05, 4.69) is 12.3 Å². The van der Waals surface area contributed by atoms with Crippen molar-refractivity contribution in [2.75, 3.05) is 18.2 Å². The van der Waals surface area contributed by atoms with Crippen molar-refractivity contribution in [2.45, 2.75) is 32.6 Å². The van der Waals surface area contributed by atoms with Crippen molar-refractivity contribution in [2.24, 2.45) is 0 Å². The Labute approximate surface area is 145 Å². The molecule has 1 aromatic rings. The van der Waals surface area contributed by atoms with E-state index in [4.69, 9.17) is 27.9 Å². The van der Waals surface area contributed by atoms with Crippen LogP contribution in [0, 0.1) is 0 Å². The van der Waals surface area contributed by atoms with Crippen LogP contribution < -0.4 is 10.4 Å². The van der Waals surface area contributed by atoms with E-state index in [-0.39, 0.29) is 31.2 Å². The number of anilines is 1. The van der Waals surface area contributed by atoms with Gasteiger partial charge in [-0.25, -0.2) is 0 Å². The number of hydrogen-bond donors (Lipinski definition) is 1. The Bertz CT molecular complexity index is 571. The Morgan fingerprint density at radius 1 is 1.45 bits per heavy atom. The molecule has 1 aromatic carbocycles. The number of esters is 1. The standard InChI is InChI=1S/C14H17Cl2N3O2.ClH/c1-2-3-6-21-12(20)8-18-7-9-11(19-14(18)17-19)5-4-10(15)13(9)16;/h4-5,14,17H,2-3,6-8H2,1H3;1H.